The van der Waals surface area contributed by atoms with Gasteiger partial charge in [0.1, 0.15) is 5.65 Å². The van der Waals surface area contributed by atoms with Gasteiger partial charge in [-0.1, -0.05) is 43.0 Å². The van der Waals surface area contributed by atoms with Crippen LogP contribution in [0.1, 0.15) is 11.1 Å². The molecular weight excluding hydrogens is 408 g/mol. The minimum atomic E-state index is 0.770. The molecule has 162 valence electrons. The SMILES string of the molecule is C=C(c1ccccc1)c1cnc2[nH]c3ccc(-c4ccc(N5CCOCC5)cn4)cc3c2c1. The fraction of sp³-hybridized carbons (Fsp3) is 0.143. The van der Waals surface area contributed by atoms with E-state index in [0.717, 1.165) is 81.9 Å². The van der Waals surface area contributed by atoms with Crippen molar-refractivity contribution in [1.29, 1.82) is 0 Å². The van der Waals surface area contributed by atoms with Crippen LogP contribution in [-0.4, -0.2) is 41.3 Å². The zero-order valence-corrected chi connectivity index (χ0v) is 18.3. The first kappa shape index (κ1) is 19.7. The third-order valence-corrected chi connectivity index (χ3v) is 6.34. The molecule has 5 aromatic rings. The molecule has 1 N–H and O–H groups in total. The number of nitrogens with zero attached hydrogens (tertiary/aromatic N) is 3. The van der Waals surface area contributed by atoms with Gasteiger partial charge in [-0.2, -0.15) is 0 Å². The van der Waals surface area contributed by atoms with Crippen LogP contribution in [0, 0.1) is 0 Å². The molecule has 0 radical (unpaired) electrons. The Morgan fingerprint density at radius 1 is 0.848 bits per heavy atom. The van der Waals surface area contributed by atoms with Crippen LogP contribution < -0.4 is 4.90 Å². The number of aromatic amines is 1. The molecule has 0 amide bonds. The topological polar surface area (TPSA) is 54.0 Å². The number of hydrogen-bond donors (Lipinski definition) is 1. The summed E-state index contributed by atoms with van der Waals surface area (Å²) in [5.41, 5.74) is 8.22. The van der Waals surface area contributed by atoms with Crippen LogP contribution in [0.25, 0.3) is 38.8 Å². The van der Waals surface area contributed by atoms with E-state index in [1.165, 1.54) is 0 Å². The summed E-state index contributed by atoms with van der Waals surface area (Å²) in [4.78, 5) is 15.2. The van der Waals surface area contributed by atoms with E-state index in [2.05, 4.69) is 70.0 Å². The lowest BCUT2D eigenvalue weighted by molar-refractivity contribution is 0.122. The summed E-state index contributed by atoms with van der Waals surface area (Å²) < 4.78 is 5.46. The molecule has 0 saturated carbocycles. The number of fused-ring (bicyclic) bond motifs is 3. The van der Waals surface area contributed by atoms with Gasteiger partial charge < -0.3 is 14.6 Å². The Labute approximate surface area is 192 Å². The van der Waals surface area contributed by atoms with Crippen LogP contribution in [-0.2, 0) is 4.74 Å². The number of rotatable bonds is 4. The number of nitrogens with one attached hydrogen (secondary N) is 1. The summed E-state index contributed by atoms with van der Waals surface area (Å²) in [5, 5.41) is 2.23. The highest BCUT2D eigenvalue weighted by Gasteiger charge is 2.13. The molecule has 0 aliphatic carbocycles. The van der Waals surface area contributed by atoms with Crippen molar-refractivity contribution in [3.63, 3.8) is 0 Å². The maximum atomic E-state index is 5.46. The van der Waals surface area contributed by atoms with E-state index < -0.39 is 0 Å². The molecule has 3 aromatic heterocycles. The first-order chi connectivity index (χ1) is 16.3. The van der Waals surface area contributed by atoms with E-state index in [1.807, 2.05) is 30.6 Å². The molecule has 1 fully saturated rings. The number of benzene rings is 2. The average Bonchev–Trinajstić information content (AvgIpc) is 3.26. The van der Waals surface area contributed by atoms with Gasteiger partial charge in [0.25, 0.3) is 0 Å². The number of pyridine rings is 2. The van der Waals surface area contributed by atoms with Gasteiger partial charge in [-0.3, -0.25) is 4.98 Å². The van der Waals surface area contributed by atoms with E-state index in [4.69, 9.17) is 9.72 Å². The van der Waals surface area contributed by atoms with Gasteiger partial charge >= 0.3 is 0 Å². The van der Waals surface area contributed by atoms with Gasteiger partial charge in [0.2, 0.25) is 0 Å². The quantitative estimate of drug-likeness (QED) is 0.397. The van der Waals surface area contributed by atoms with Crippen molar-refractivity contribution in [3.8, 4) is 11.3 Å². The summed E-state index contributed by atoms with van der Waals surface area (Å²) >= 11 is 0. The zero-order chi connectivity index (χ0) is 22.2. The molecule has 1 aliphatic heterocycles. The number of aromatic nitrogens is 3. The molecular formula is C28H24N4O. The largest absolute Gasteiger partial charge is 0.378 e. The van der Waals surface area contributed by atoms with Gasteiger partial charge in [-0.05, 0) is 41.5 Å². The highest BCUT2D eigenvalue weighted by Crippen LogP contribution is 2.31. The van der Waals surface area contributed by atoms with Crippen molar-refractivity contribution in [2.24, 2.45) is 0 Å². The van der Waals surface area contributed by atoms with Crippen LogP contribution in [0.5, 0.6) is 0 Å². The maximum absolute atomic E-state index is 5.46. The zero-order valence-electron chi connectivity index (χ0n) is 18.3. The monoisotopic (exact) mass is 432 g/mol. The fourth-order valence-corrected chi connectivity index (χ4v) is 4.47. The summed E-state index contributed by atoms with van der Waals surface area (Å²) in [6, 6.07) is 23.1. The van der Waals surface area contributed by atoms with Crippen LogP contribution in [0.4, 0.5) is 5.69 Å². The van der Waals surface area contributed by atoms with Crippen molar-refractivity contribution in [3.05, 3.63) is 96.8 Å². The number of hydrogen-bond acceptors (Lipinski definition) is 4. The van der Waals surface area contributed by atoms with Crippen LogP contribution in [0.3, 0.4) is 0 Å². The predicted molar refractivity (Wildman–Crippen MR) is 134 cm³/mol. The molecule has 5 heteroatoms. The second-order valence-corrected chi connectivity index (χ2v) is 8.35. The van der Waals surface area contributed by atoms with E-state index in [-0.39, 0.29) is 0 Å². The lowest BCUT2D eigenvalue weighted by Gasteiger charge is -2.28. The molecule has 4 heterocycles. The second-order valence-electron chi connectivity index (χ2n) is 8.35. The third kappa shape index (κ3) is 3.66. The minimum absolute atomic E-state index is 0.770. The highest BCUT2D eigenvalue weighted by atomic mass is 16.5. The van der Waals surface area contributed by atoms with Gasteiger partial charge in [-0.25, -0.2) is 4.98 Å². The molecule has 1 saturated heterocycles. The average molecular weight is 433 g/mol. The number of anilines is 1. The van der Waals surface area contributed by atoms with Crippen molar-refractivity contribution < 1.29 is 4.74 Å². The lowest BCUT2D eigenvalue weighted by atomic mass is 9.99. The predicted octanol–water partition coefficient (Wildman–Crippen LogP) is 5.68. The third-order valence-electron chi connectivity index (χ3n) is 6.34. The Hall–Kier alpha value is -3.96. The fourth-order valence-electron chi connectivity index (χ4n) is 4.47. The molecule has 1 aliphatic rings. The lowest BCUT2D eigenvalue weighted by Crippen LogP contribution is -2.36. The van der Waals surface area contributed by atoms with Gasteiger partial charge in [-0.15, -0.1) is 0 Å². The van der Waals surface area contributed by atoms with Crippen molar-refractivity contribution >= 4 is 33.2 Å². The van der Waals surface area contributed by atoms with Gasteiger partial charge in [0.05, 0.1) is 30.8 Å². The highest BCUT2D eigenvalue weighted by molar-refractivity contribution is 6.08. The molecule has 33 heavy (non-hydrogen) atoms. The summed E-state index contributed by atoms with van der Waals surface area (Å²) in [5.74, 6) is 0. The first-order valence-electron chi connectivity index (χ1n) is 11.2. The Balaban J connectivity index is 1.37. The molecule has 0 atom stereocenters. The van der Waals surface area contributed by atoms with E-state index in [1.54, 1.807) is 0 Å². The number of morpholine rings is 1. The standard InChI is InChI=1S/C28H24N4O/c1-19(20-5-3-2-4-6-20)22-16-25-24-15-21(7-9-27(24)31-28(25)30-17-22)26-10-8-23(18-29-26)32-11-13-33-14-12-32/h2-10,15-18H,1,11-14H2,(H,30,31). The van der Waals surface area contributed by atoms with E-state index >= 15 is 0 Å². The Morgan fingerprint density at radius 3 is 2.48 bits per heavy atom. The molecule has 0 unspecified atom stereocenters. The molecule has 2 aromatic carbocycles. The molecule has 6 rings (SSSR count). The smallest absolute Gasteiger partial charge is 0.138 e. The van der Waals surface area contributed by atoms with Gasteiger partial charge in [0, 0.05) is 46.7 Å². The van der Waals surface area contributed by atoms with E-state index in [9.17, 15) is 0 Å². The summed E-state index contributed by atoms with van der Waals surface area (Å²) in [6.45, 7) is 7.66. The first-order valence-corrected chi connectivity index (χ1v) is 11.2. The number of H-pyrrole nitrogens is 1. The molecule has 5 nitrogen and oxygen atoms in total. The molecule has 0 spiro atoms. The van der Waals surface area contributed by atoms with Crippen molar-refractivity contribution in [1.82, 2.24) is 15.0 Å². The van der Waals surface area contributed by atoms with Crippen LogP contribution in [0.15, 0.2) is 85.7 Å². The Bertz CT molecular complexity index is 1450. The molecule has 0 bridgehead atoms. The normalized spacial score (nSPS) is 14.1. The minimum Gasteiger partial charge on any atom is -0.378 e. The van der Waals surface area contributed by atoms with Crippen LogP contribution >= 0.6 is 0 Å². The summed E-state index contributed by atoms with van der Waals surface area (Å²) in [7, 11) is 0. The van der Waals surface area contributed by atoms with Gasteiger partial charge in [0.15, 0.2) is 0 Å². The van der Waals surface area contributed by atoms with Crippen molar-refractivity contribution in [2.75, 3.05) is 31.2 Å². The Morgan fingerprint density at radius 2 is 1.70 bits per heavy atom. The summed E-state index contributed by atoms with van der Waals surface area (Å²) in [6.07, 6.45) is 3.85. The number of ether oxygens (including phenoxy) is 1. The maximum Gasteiger partial charge on any atom is 0.138 e. The van der Waals surface area contributed by atoms with E-state index in [0.29, 0.717) is 0 Å². The van der Waals surface area contributed by atoms with Crippen LogP contribution in [0.2, 0.25) is 0 Å². The Kier molecular flexibility index (Phi) is 4.89. The second kappa shape index (κ2) is 8.19. The van der Waals surface area contributed by atoms with Crippen molar-refractivity contribution in [2.45, 2.75) is 0 Å².